The van der Waals surface area contributed by atoms with Crippen molar-refractivity contribution in [3.63, 3.8) is 0 Å². The van der Waals surface area contributed by atoms with Crippen molar-refractivity contribution in [3.05, 3.63) is 48.0 Å². The standard InChI is InChI=1S/C23H30N2O5S/c1-29-19-10-7-18(8-11-19)9-14-23(26)24-21-17-20(12-13-22(21)30-2)31(27,28)25-15-5-3-4-6-16-25/h7-8,10-13,17H,3-6,9,14-16H2,1-2H3,(H,24,26). The van der Waals surface area contributed by atoms with E-state index < -0.39 is 10.0 Å². The van der Waals surface area contributed by atoms with Gasteiger partial charge in [0, 0.05) is 19.5 Å². The highest BCUT2D eigenvalue weighted by Gasteiger charge is 2.26. The van der Waals surface area contributed by atoms with Gasteiger partial charge in [-0.1, -0.05) is 25.0 Å². The number of methoxy groups -OCH3 is 2. The van der Waals surface area contributed by atoms with Gasteiger partial charge in [-0.3, -0.25) is 4.79 Å². The highest BCUT2D eigenvalue weighted by Crippen LogP contribution is 2.30. The lowest BCUT2D eigenvalue weighted by molar-refractivity contribution is -0.116. The first-order valence-electron chi connectivity index (χ1n) is 10.5. The summed E-state index contributed by atoms with van der Waals surface area (Å²) in [5.74, 6) is 0.978. The molecule has 31 heavy (non-hydrogen) atoms. The summed E-state index contributed by atoms with van der Waals surface area (Å²) in [4.78, 5) is 12.7. The summed E-state index contributed by atoms with van der Waals surface area (Å²) < 4.78 is 38.2. The van der Waals surface area contributed by atoms with Crippen LogP contribution in [0.15, 0.2) is 47.4 Å². The Kier molecular flexibility index (Phi) is 7.92. The molecule has 1 heterocycles. The highest BCUT2D eigenvalue weighted by molar-refractivity contribution is 7.89. The number of carbonyl (C=O) groups is 1. The summed E-state index contributed by atoms with van der Waals surface area (Å²) in [7, 11) is -0.516. The Hall–Kier alpha value is -2.58. The van der Waals surface area contributed by atoms with E-state index >= 15 is 0 Å². The van der Waals surface area contributed by atoms with Crippen LogP contribution in [0.1, 0.15) is 37.7 Å². The summed E-state index contributed by atoms with van der Waals surface area (Å²) in [6, 6.07) is 12.2. The molecule has 0 spiro atoms. The molecule has 0 aromatic heterocycles. The van der Waals surface area contributed by atoms with Crippen molar-refractivity contribution in [1.82, 2.24) is 4.31 Å². The molecule has 0 aliphatic carbocycles. The third kappa shape index (κ3) is 5.98. The zero-order valence-electron chi connectivity index (χ0n) is 18.1. The first-order valence-corrected chi connectivity index (χ1v) is 12.0. The quantitative estimate of drug-likeness (QED) is 0.666. The van der Waals surface area contributed by atoms with E-state index in [4.69, 9.17) is 9.47 Å². The molecule has 8 heteroatoms. The summed E-state index contributed by atoms with van der Waals surface area (Å²) in [5, 5.41) is 2.81. The lowest BCUT2D eigenvalue weighted by Gasteiger charge is -2.21. The summed E-state index contributed by atoms with van der Waals surface area (Å²) in [6.45, 7) is 1.05. The molecule has 0 saturated carbocycles. The number of hydrogen-bond acceptors (Lipinski definition) is 5. The number of rotatable bonds is 8. The van der Waals surface area contributed by atoms with Crippen LogP contribution in [0.5, 0.6) is 11.5 Å². The van der Waals surface area contributed by atoms with Gasteiger partial charge in [0.1, 0.15) is 11.5 Å². The number of nitrogens with one attached hydrogen (secondary N) is 1. The lowest BCUT2D eigenvalue weighted by atomic mass is 10.1. The van der Waals surface area contributed by atoms with Gasteiger partial charge in [-0.2, -0.15) is 4.31 Å². The van der Waals surface area contributed by atoms with E-state index in [1.165, 1.54) is 23.5 Å². The maximum Gasteiger partial charge on any atom is 0.243 e. The second-order valence-corrected chi connectivity index (χ2v) is 9.51. The number of aryl methyl sites for hydroxylation is 1. The van der Waals surface area contributed by atoms with E-state index in [9.17, 15) is 13.2 Å². The number of amides is 1. The number of nitrogens with zero attached hydrogens (tertiary/aromatic N) is 1. The fourth-order valence-electron chi connectivity index (χ4n) is 3.64. The van der Waals surface area contributed by atoms with Crippen LogP contribution in [-0.2, 0) is 21.2 Å². The van der Waals surface area contributed by atoms with E-state index in [1.807, 2.05) is 24.3 Å². The molecule has 2 aromatic rings. The van der Waals surface area contributed by atoms with Gasteiger partial charge in [-0.05, 0) is 55.2 Å². The van der Waals surface area contributed by atoms with Gasteiger partial charge in [0.2, 0.25) is 15.9 Å². The topological polar surface area (TPSA) is 84.9 Å². The number of hydrogen-bond donors (Lipinski definition) is 1. The van der Waals surface area contributed by atoms with Gasteiger partial charge in [-0.15, -0.1) is 0 Å². The van der Waals surface area contributed by atoms with Crippen LogP contribution in [0.25, 0.3) is 0 Å². The van der Waals surface area contributed by atoms with Crippen LogP contribution >= 0.6 is 0 Å². The zero-order chi connectivity index (χ0) is 22.3. The molecule has 0 unspecified atom stereocenters. The smallest absolute Gasteiger partial charge is 0.243 e. The van der Waals surface area contributed by atoms with E-state index in [2.05, 4.69) is 5.32 Å². The first-order chi connectivity index (χ1) is 14.9. The molecule has 3 rings (SSSR count). The fraction of sp³-hybridized carbons (Fsp3) is 0.435. The third-order valence-corrected chi connectivity index (χ3v) is 7.34. The van der Waals surface area contributed by atoms with Crippen molar-refractivity contribution < 1.29 is 22.7 Å². The van der Waals surface area contributed by atoms with Crippen molar-refractivity contribution in [2.24, 2.45) is 0 Å². The Bertz CT molecular complexity index is 982. The predicted molar refractivity (Wildman–Crippen MR) is 120 cm³/mol. The monoisotopic (exact) mass is 446 g/mol. The lowest BCUT2D eigenvalue weighted by Crippen LogP contribution is -2.32. The Labute approximate surface area is 184 Å². The van der Waals surface area contributed by atoms with Crippen LogP contribution < -0.4 is 14.8 Å². The largest absolute Gasteiger partial charge is 0.497 e. The van der Waals surface area contributed by atoms with Crippen molar-refractivity contribution >= 4 is 21.6 Å². The molecule has 2 aromatic carbocycles. The molecule has 1 saturated heterocycles. The molecule has 1 fully saturated rings. The van der Waals surface area contributed by atoms with Crippen LogP contribution in [0.2, 0.25) is 0 Å². The molecule has 7 nitrogen and oxygen atoms in total. The molecule has 0 radical (unpaired) electrons. The van der Waals surface area contributed by atoms with Gasteiger partial charge in [-0.25, -0.2) is 8.42 Å². The predicted octanol–water partition coefficient (Wildman–Crippen LogP) is 3.84. The average molecular weight is 447 g/mol. The zero-order valence-corrected chi connectivity index (χ0v) is 18.9. The molecule has 1 amide bonds. The second-order valence-electron chi connectivity index (χ2n) is 7.58. The van der Waals surface area contributed by atoms with E-state index in [-0.39, 0.29) is 17.2 Å². The minimum Gasteiger partial charge on any atom is -0.497 e. The first kappa shape index (κ1) is 23.1. The molecule has 1 N–H and O–H groups in total. The molecule has 1 aliphatic heterocycles. The molecular weight excluding hydrogens is 416 g/mol. The van der Waals surface area contributed by atoms with Crippen LogP contribution in [-0.4, -0.2) is 45.9 Å². The van der Waals surface area contributed by atoms with Crippen molar-refractivity contribution in [1.29, 1.82) is 0 Å². The minimum absolute atomic E-state index is 0.167. The number of anilines is 1. The van der Waals surface area contributed by atoms with Gasteiger partial charge in [0.05, 0.1) is 24.8 Å². The Balaban J connectivity index is 1.71. The second kappa shape index (κ2) is 10.6. The Morgan fingerprint density at radius 3 is 2.26 bits per heavy atom. The van der Waals surface area contributed by atoms with E-state index in [1.54, 1.807) is 13.2 Å². The average Bonchev–Trinajstić information content (AvgIpc) is 3.08. The number of sulfonamides is 1. The van der Waals surface area contributed by atoms with Crippen molar-refractivity contribution in [3.8, 4) is 11.5 Å². The summed E-state index contributed by atoms with van der Waals surface area (Å²) in [6.07, 6.45) is 4.64. The maximum atomic E-state index is 13.1. The van der Waals surface area contributed by atoms with E-state index in [0.29, 0.717) is 30.9 Å². The fourth-order valence-corrected chi connectivity index (χ4v) is 5.18. The van der Waals surface area contributed by atoms with Gasteiger partial charge < -0.3 is 14.8 Å². The number of benzene rings is 2. The third-order valence-electron chi connectivity index (χ3n) is 5.45. The van der Waals surface area contributed by atoms with Gasteiger partial charge >= 0.3 is 0 Å². The molecule has 1 aliphatic rings. The van der Waals surface area contributed by atoms with Crippen LogP contribution in [0, 0.1) is 0 Å². The highest BCUT2D eigenvalue weighted by atomic mass is 32.2. The maximum absolute atomic E-state index is 13.1. The van der Waals surface area contributed by atoms with Crippen LogP contribution in [0.3, 0.4) is 0 Å². The normalized spacial score (nSPS) is 15.2. The molecule has 168 valence electrons. The summed E-state index contributed by atoms with van der Waals surface area (Å²) >= 11 is 0. The van der Waals surface area contributed by atoms with E-state index in [0.717, 1.165) is 37.0 Å². The number of ether oxygens (including phenoxy) is 2. The minimum atomic E-state index is -3.62. The summed E-state index contributed by atoms with van der Waals surface area (Å²) in [5.41, 5.74) is 1.37. The van der Waals surface area contributed by atoms with Gasteiger partial charge in [0.25, 0.3) is 0 Å². The Morgan fingerprint density at radius 1 is 0.968 bits per heavy atom. The van der Waals surface area contributed by atoms with Gasteiger partial charge in [0.15, 0.2) is 0 Å². The molecular formula is C23H30N2O5S. The number of carbonyl (C=O) groups excluding carboxylic acids is 1. The van der Waals surface area contributed by atoms with Crippen LogP contribution in [0.4, 0.5) is 5.69 Å². The Morgan fingerprint density at radius 2 is 1.65 bits per heavy atom. The molecule has 0 atom stereocenters. The SMILES string of the molecule is COc1ccc(CCC(=O)Nc2cc(S(=O)(=O)N3CCCCCC3)ccc2OC)cc1. The van der Waals surface area contributed by atoms with Crippen molar-refractivity contribution in [2.75, 3.05) is 32.6 Å². The van der Waals surface area contributed by atoms with Crippen molar-refractivity contribution in [2.45, 2.75) is 43.4 Å². The molecule has 0 bridgehead atoms.